The van der Waals surface area contributed by atoms with Crippen molar-refractivity contribution in [3.63, 3.8) is 0 Å². The minimum absolute atomic E-state index is 0.00808. The van der Waals surface area contributed by atoms with Gasteiger partial charge in [-0.25, -0.2) is 18.7 Å². The number of carboxylic acids is 1. The normalized spacial score (nSPS) is 25.6. The second-order valence-electron chi connectivity index (χ2n) is 8.47. The first-order chi connectivity index (χ1) is 14.4. The Kier molecular flexibility index (Phi) is 4.45. The average Bonchev–Trinajstić information content (AvgIpc) is 3.14. The van der Waals surface area contributed by atoms with Gasteiger partial charge in [-0.05, 0) is 62.1 Å². The van der Waals surface area contributed by atoms with Crippen LogP contribution in [0.3, 0.4) is 0 Å². The van der Waals surface area contributed by atoms with Crippen LogP contribution in [0.5, 0.6) is 0 Å². The third-order valence-corrected chi connectivity index (χ3v) is 6.68. The fourth-order valence-electron chi connectivity index (χ4n) is 5.28. The number of rotatable bonds is 4. The maximum atomic E-state index is 14.6. The van der Waals surface area contributed by atoms with E-state index >= 15 is 0 Å². The van der Waals surface area contributed by atoms with Crippen molar-refractivity contribution in [3.05, 3.63) is 41.7 Å². The molecule has 3 fully saturated rings. The van der Waals surface area contributed by atoms with Crippen LogP contribution in [0.25, 0.3) is 22.3 Å². The third-order valence-electron chi connectivity index (χ3n) is 6.68. The van der Waals surface area contributed by atoms with Gasteiger partial charge in [0.2, 0.25) is 0 Å². The zero-order valence-corrected chi connectivity index (χ0v) is 16.5. The van der Waals surface area contributed by atoms with E-state index in [1.54, 1.807) is 13.1 Å². The van der Waals surface area contributed by atoms with Crippen molar-refractivity contribution in [1.82, 2.24) is 15.0 Å². The molecule has 6 nitrogen and oxygen atoms in total. The Bertz CT molecular complexity index is 1140. The molecule has 8 heteroatoms. The predicted octanol–water partition coefficient (Wildman–Crippen LogP) is 4.51. The van der Waals surface area contributed by atoms with Gasteiger partial charge in [-0.3, -0.25) is 4.79 Å². The molecule has 0 amide bonds. The molecular formula is C22H22F2N4O2. The number of anilines is 1. The molecule has 0 radical (unpaired) electrons. The number of hydrogen-bond donors (Lipinski definition) is 3. The van der Waals surface area contributed by atoms with Crippen LogP contribution in [0.15, 0.2) is 24.5 Å². The summed E-state index contributed by atoms with van der Waals surface area (Å²) >= 11 is 0. The summed E-state index contributed by atoms with van der Waals surface area (Å²) in [6.45, 7) is 1.79. The molecule has 3 N–H and O–H groups in total. The zero-order valence-electron chi connectivity index (χ0n) is 16.5. The predicted molar refractivity (Wildman–Crippen MR) is 108 cm³/mol. The lowest BCUT2D eigenvalue weighted by molar-refractivity contribution is -0.148. The molecule has 156 valence electrons. The summed E-state index contributed by atoms with van der Waals surface area (Å²) in [6, 6.07) is 2.89. The van der Waals surface area contributed by atoms with Crippen molar-refractivity contribution >= 4 is 22.7 Å². The van der Waals surface area contributed by atoms with Crippen molar-refractivity contribution in [2.75, 3.05) is 5.32 Å². The van der Waals surface area contributed by atoms with E-state index in [2.05, 4.69) is 20.3 Å². The first kappa shape index (κ1) is 19.0. The number of fused-ring (bicyclic) bond motifs is 4. The van der Waals surface area contributed by atoms with E-state index in [9.17, 15) is 18.7 Å². The van der Waals surface area contributed by atoms with E-state index < -0.39 is 17.7 Å². The van der Waals surface area contributed by atoms with E-state index in [0.717, 1.165) is 37.4 Å². The highest BCUT2D eigenvalue weighted by Crippen LogP contribution is 2.46. The fourth-order valence-corrected chi connectivity index (χ4v) is 5.28. The van der Waals surface area contributed by atoms with Gasteiger partial charge in [0, 0.05) is 23.2 Å². The highest BCUT2D eigenvalue weighted by molar-refractivity contribution is 5.94. The number of aryl methyl sites for hydroxylation is 1. The Hall–Kier alpha value is -3.03. The third kappa shape index (κ3) is 3.02. The van der Waals surface area contributed by atoms with E-state index in [1.807, 2.05) is 6.07 Å². The van der Waals surface area contributed by atoms with Crippen LogP contribution in [-0.4, -0.2) is 32.1 Å². The van der Waals surface area contributed by atoms with Crippen LogP contribution in [0.4, 0.5) is 14.6 Å². The van der Waals surface area contributed by atoms with Crippen molar-refractivity contribution < 1.29 is 18.7 Å². The van der Waals surface area contributed by atoms with Gasteiger partial charge in [0.05, 0.1) is 17.6 Å². The molecule has 3 aliphatic rings. The number of nitrogens with zero attached hydrogens (tertiary/aromatic N) is 2. The lowest BCUT2D eigenvalue weighted by atomic mass is 9.61. The SMILES string of the molecule is Cc1cc(F)c2[nH]cc(-c3ncc(F)c(N[C@H]4C5CCC(CC5)[C@@H]4C(=O)O)n3)c2c1. The molecule has 30 heavy (non-hydrogen) atoms. The lowest BCUT2D eigenvalue weighted by Gasteiger charge is -2.47. The Morgan fingerprint density at radius 2 is 1.90 bits per heavy atom. The molecule has 2 atom stereocenters. The molecule has 0 spiro atoms. The number of aromatic nitrogens is 3. The van der Waals surface area contributed by atoms with Crippen LogP contribution in [0, 0.1) is 36.3 Å². The topological polar surface area (TPSA) is 90.9 Å². The quantitative estimate of drug-likeness (QED) is 0.586. The molecule has 2 bridgehead atoms. The number of nitrogens with one attached hydrogen (secondary N) is 2. The Morgan fingerprint density at radius 3 is 2.63 bits per heavy atom. The van der Waals surface area contributed by atoms with Gasteiger partial charge in [0.25, 0.3) is 0 Å². The summed E-state index contributed by atoms with van der Waals surface area (Å²) in [5.74, 6) is -1.88. The van der Waals surface area contributed by atoms with Crippen LogP contribution >= 0.6 is 0 Å². The Labute approximate surface area is 171 Å². The standard InChI is InChI=1S/C22H22F2N4O2/c1-10-6-13-14(8-25-19(13)15(23)7-10)20-26-9-16(24)21(28-20)27-18-12-4-2-11(3-5-12)17(18)22(29)30/h6-9,11-12,17-18,25H,2-5H2,1H3,(H,29,30)(H,26,27,28)/t11?,12?,17-,18-/m0/s1. The molecule has 0 aliphatic heterocycles. The number of hydrogen-bond acceptors (Lipinski definition) is 4. The maximum Gasteiger partial charge on any atom is 0.308 e. The summed E-state index contributed by atoms with van der Waals surface area (Å²) in [4.78, 5) is 23.2. The molecule has 1 aromatic carbocycles. The van der Waals surface area contributed by atoms with Gasteiger partial charge >= 0.3 is 5.97 Å². The highest BCUT2D eigenvalue weighted by atomic mass is 19.1. The second kappa shape index (κ2) is 7.04. The number of carbonyl (C=O) groups is 1. The van der Waals surface area contributed by atoms with Gasteiger partial charge in [-0.2, -0.15) is 0 Å². The van der Waals surface area contributed by atoms with Crippen LogP contribution in [-0.2, 0) is 4.79 Å². The van der Waals surface area contributed by atoms with E-state index in [4.69, 9.17) is 0 Å². The van der Waals surface area contributed by atoms with Crippen LogP contribution in [0.2, 0.25) is 0 Å². The van der Waals surface area contributed by atoms with Crippen LogP contribution < -0.4 is 5.32 Å². The molecule has 3 aromatic rings. The van der Waals surface area contributed by atoms with E-state index in [0.29, 0.717) is 16.5 Å². The largest absolute Gasteiger partial charge is 0.481 e. The van der Waals surface area contributed by atoms with E-state index in [1.165, 1.54) is 6.07 Å². The van der Waals surface area contributed by atoms with Crippen molar-refractivity contribution in [2.24, 2.45) is 17.8 Å². The number of aliphatic carboxylic acids is 1. The number of H-pyrrole nitrogens is 1. The van der Waals surface area contributed by atoms with Gasteiger partial charge < -0.3 is 15.4 Å². The minimum atomic E-state index is -0.848. The first-order valence-electron chi connectivity index (χ1n) is 10.2. The lowest BCUT2D eigenvalue weighted by Crippen LogP contribution is -2.51. The summed E-state index contributed by atoms with van der Waals surface area (Å²) in [6.07, 6.45) is 6.35. The first-order valence-corrected chi connectivity index (χ1v) is 10.2. The van der Waals surface area contributed by atoms with Crippen LogP contribution in [0.1, 0.15) is 31.2 Å². The monoisotopic (exact) mass is 412 g/mol. The summed E-state index contributed by atoms with van der Waals surface area (Å²) in [5.41, 5.74) is 1.66. The number of halogens is 2. The molecule has 0 unspecified atom stereocenters. The molecule has 2 heterocycles. The van der Waals surface area contributed by atoms with Gasteiger partial charge in [0.1, 0.15) is 5.82 Å². The summed E-state index contributed by atoms with van der Waals surface area (Å²) in [7, 11) is 0. The Balaban J connectivity index is 1.53. The molecule has 3 saturated carbocycles. The zero-order chi connectivity index (χ0) is 21.0. The molecular weight excluding hydrogens is 390 g/mol. The van der Waals surface area contributed by atoms with Gasteiger partial charge in [-0.1, -0.05) is 0 Å². The minimum Gasteiger partial charge on any atom is -0.481 e. The summed E-state index contributed by atoms with van der Waals surface area (Å²) in [5, 5.41) is 13.5. The average molecular weight is 412 g/mol. The van der Waals surface area contributed by atoms with Gasteiger partial charge in [0.15, 0.2) is 17.5 Å². The fraction of sp³-hybridized carbons (Fsp3) is 0.409. The van der Waals surface area contributed by atoms with Crippen molar-refractivity contribution in [1.29, 1.82) is 0 Å². The van der Waals surface area contributed by atoms with E-state index in [-0.39, 0.29) is 35.3 Å². The van der Waals surface area contributed by atoms with Crippen molar-refractivity contribution in [3.8, 4) is 11.4 Å². The maximum absolute atomic E-state index is 14.6. The molecule has 3 aliphatic carbocycles. The van der Waals surface area contributed by atoms with Gasteiger partial charge in [-0.15, -0.1) is 0 Å². The molecule has 6 rings (SSSR count). The smallest absolute Gasteiger partial charge is 0.308 e. The Morgan fingerprint density at radius 1 is 1.17 bits per heavy atom. The second-order valence-corrected chi connectivity index (χ2v) is 8.47. The number of aromatic amines is 1. The van der Waals surface area contributed by atoms with Crippen molar-refractivity contribution in [2.45, 2.75) is 38.6 Å². The summed E-state index contributed by atoms with van der Waals surface area (Å²) < 4.78 is 28.8. The molecule has 0 saturated heterocycles. The molecule has 2 aromatic heterocycles. The number of benzene rings is 1. The number of carboxylic acid groups (broad SMARTS) is 1. The highest BCUT2D eigenvalue weighted by Gasteiger charge is 2.47.